The fourth-order valence-electron chi connectivity index (χ4n) is 2.36. The van der Waals surface area contributed by atoms with E-state index in [1.54, 1.807) is 12.1 Å². The lowest BCUT2D eigenvalue weighted by molar-refractivity contribution is 0.252. The minimum absolute atomic E-state index is 0.170. The van der Waals surface area contributed by atoms with E-state index in [0.29, 0.717) is 11.6 Å². The van der Waals surface area contributed by atoms with E-state index in [-0.39, 0.29) is 6.03 Å². The van der Waals surface area contributed by atoms with E-state index in [9.17, 15) is 4.79 Å². The van der Waals surface area contributed by atoms with Crippen molar-refractivity contribution in [3.63, 3.8) is 0 Å². The number of anilines is 1. The van der Waals surface area contributed by atoms with Gasteiger partial charge in [0, 0.05) is 28.3 Å². The smallest absolute Gasteiger partial charge is 0.319 e. The molecular formula is C15H21ClN2OS. The minimum atomic E-state index is -0.170. The van der Waals surface area contributed by atoms with Gasteiger partial charge in [-0.2, -0.15) is 11.8 Å². The summed E-state index contributed by atoms with van der Waals surface area (Å²) in [6, 6.07) is 6.99. The third-order valence-corrected chi connectivity index (χ3v) is 4.99. The van der Waals surface area contributed by atoms with Crippen LogP contribution in [0.4, 0.5) is 10.5 Å². The molecule has 0 bridgehead atoms. The largest absolute Gasteiger partial charge is 0.337 e. The van der Waals surface area contributed by atoms with E-state index in [1.165, 1.54) is 32.1 Å². The van der Waals surface area contributed by atoms with E-state index in [1.807, 2.05) is 23.9 Å². The lowest BCUT2D eigenvalue weighted by Crippen LogP contribution is -2.30. The van der Waals surface area contributed by atoms with Crippen molar-refractivity contribution in [2.24, 2.45) is 0 Å². The van der Waals surface area contributed by atoms with E-state index in [4.69, 9.17) is 11.6 Å². The number of benzene rings is 1. The number of urea groups is 1. The highest BCUT2D eigenvalue weighted by Crippen LogP contribution is 2.27. The highest BCUT2D eigenvalue weighted by Gasteiger charge is 2.13. The number of carbonyl (C=O) groups is 1. The van der Waals surface area contributed by atoms with Gasteiger partial charge in [-0.25, -0.2) is 4.79 Å². The fraction of sp³-hybridized carbons (Fsp3) is 0.533. The first-order chi connectivity index (χ1) is 9.74. The molecule has 1 fully saturated rings. The molecule has 2 N–H and O–H groups in total. The number of amides is 2. The highest BCUT2D eigenvalue weighted by atomic mass is 35.5. The standard InChI is InChI=1S/C15H21ClN2OS/c16-12-5-4-6-13(11-12)18-15(19)17-9-10-20-14-7-2-1-3-8-14/h4-6,11,14H,1-3,7-10H2,(H2,17,18,19). The van der Waals surface area contributed by atoms with Crippen molar-refractivity contribution < 1.29 is 4.79 Å². The van der Waals surface area contributed by atoms with Crippen molar-refractivity contribution in [2.75, 3.05) is 17.6 Å². The molecule has 0 heterocycles. The Balaban J connectivity index is 1.60. The van der Waals surface area contributed by atoms with Crippen LogP contribution >= 0.6 is 23.4 Å². The number of thioether (sulfide) groups is 1. The van der Waals surface area contributed by atoms with Gasteiger partial charge in [-0.15, -0.1) is 0 Å². The summed E-state index contributed by atoms with van der Waals surface area (Å²) in [5.41, 5.74) is 0.718. The van der Waals surface area contributed by atoms with Gasteiger partial charge in [0.15, 0.2) is 0 Å². The number of hydrogen-bond acceptors (Lipinski definition) is 2. The molecule has 1 aliphatic carbocycles. The van der Waals surface area contributed by atoms with Gasteiger partial charge in [-0.1, -0.05) is 36.9 Å². The van der Waals surface area contributed by atoms with Crippen LogP contribution in [-0.4, -0.2) is 23.6 Å². The summed E-state index contributed by atoms with van der Waals surface area (Å²) < 4.78 is 0. The lowest BCUT2D eigenvalue weighted by atomic mass is 10.0. The molecule has 1 aromatic carbocycles. The van der Waals surface area contributed by atoms with Crippen LogP contribution in [0.1, 0.15) is 32.1 Å². The van der Waals surface area contributed by atoms with Gasteiger partial charge in [0.2, 0.25) is 0 Å². The van der Waals surface area contributed by atoms with Crippen LogP contribution in [0.25, 0.3) is 0 Å². The topological polar surface area (TPSA) is 41.1 Å². The maximum Gasteiger partial charge on any atom is 0.319 e. The zero-order chi connectivity index (χ0) is 14.2. The molecule has 0 aliphatic heterocycles. The second kappa shape index (κ2) is 8.42. The van der Waals surface area contributed by atoms with E-state index < -0.39 is 0 Å². The Hall–Kier alpha value is -0.870. The molecule has 1 aliphatic rings. The molecule has 1 saturated carbocycles. The number of rotatable bonds is 5. The zero-order valence-electron chi connectivity index (χ0n) is 11.5. The van der Waals surface area contributed by atoms with Crippen LogP contribution in [-0.2, 0) is 0 Å². The highest BCUT2D eigenvalue weighted by molar-refractivity contribution is 7.99. The van der Waals surface area contributed by atoms with Gasteiger partial charge in [0.25, 0.3) is 0 Å². The summed E-state index contributed by atoms with van der Waals surface area (Å²) in [6.07, 6.45) is 6.77. The zero-order valence-corrected chi connectivity index (χ0v) is 13.1. The van der Waals surface area contributed by atoms with Crippen LogP contribution in [0.2, 0.25) is 5.02 Å². The number of nitrogens with one attached hydrogen (secondary N) is 2. The Morgan fingerprint density at radius 1 is 1.30 bits per heavy atom. The van der Waals surface area contributed by atoms with Gasteiger partial charge in [-0.3, -0.25) is 0 Å². The monoisotopic (exact) mass is 312 g/mol. The first-order valence-corrected chi connectivity index (χ1v) is 8.59. The van der Waals surface area contributed by atoms with Gasteiger partial charge in [0.05, 0.1) is 0 Å². The Labute approximate surface area is 129 Å². The molecule has 2 rings (SSSR count). The summed E-state index contributed by atoms with van der Waals surface area (Å²) in [7, 11) is 0. The lowest BCUT2D eigenvalue weighted by Gasteiger charge is -2.20. The molecule has 0 atom stereocenters. The summed E-state index contributed by atoms with van der Waals surface area (Å²) >= 11 is 7.85. The van der Waals surface area contributed by atoms with Crippen molar-refractivity contribution >= 4 is 35.1 Å². The van der Waals surface area contributed by atoms with Crippen LogP contribution in [0.3, 0.4) is 0 Å². The third-order valence-electron chi connectivity index (χ3n) is 3.38. The van der Waals surface area contributed by atoms with Gasteiger partial charge < -0.3 is 10.6 Å². The molecule has 1 aromatic rings. The van der Waals surface area contributed by atoms with Crippen molar-refractivity contribution in [3.05, 3.63) is 29.3 Å². The van der Waals surface area contributed by atoms with Crippen molar-refractivity contribution in [2.45, 2.75) is 37.4 Å². The Bertz CT molecular complexity index is 436. The Morgan fingerprint density at radius 3 is 2.85 bits per heavy atom. The second-order valence-corrected chi connectivity index (χ2v) is 6.87. The summed E-state index contributed by atoms with van der Waals surface area (Å²) in [4.78, 5) is 11.7. The molecule has 110 valence electrons. The third kappa shape index (κ3) is 5.63. The number of carbonyl (C=O) groups excluding carboxylic acids is 1. The van der Waals surface area contributed by atoms with Crippen LogP contribution in [0, 0.1) is 0 Å². The molecule has 0 radical (unpaired) electrons. The van der Waals surface area contributed by atoms with Crippen LogP contribution in [0.15, 0.2) is 24.3 Å². The molecule has 0 aromatic heterocycles. The van der Waals surface area contributed by atoms with Crippen LogP contribution in [0.5, 0.6) is 0 Å². The minimum Gasteiger partial charge on any atom is -0.337 e. The fourth-order valence-corrected chi connectivity index (χ4v) is 3.77. The maximum absolute atomic E-state index is 11.7. The molecule has 0 unspecified atom stereocenters. The quantitative estimate of drug-likeness (QED) is 0.784. The predicted molar refractivity (Wildman–Crippen MR) is 87.8 cm³/mol. The van der Waals surface area contributed by atoms with Crippen LogP contribution < -0.4 is 10.6 Å². The molecular weight excluding hydrogens is 292 g/mol. The molecule has 20 heavy (non-hydrogen) atoms. The molecule has 3 nitrogen and oxygen atoms in total. The molecule has 5 heteroatoms. The van der Waals surface area contributed by atoms with E-state index in [0.717, 1.165) is 16.7 Å². The maximum atomic E-state index is 11.7. The Kier molecular flexibility index (Phi) is 6.54. The summed E-state index contributed by atoms with van der Waals surface area (Å²) in [6.45, 7) is 0.702. The van der Waals surface area contributed by atoms with Crippen molar-refractivity contribution in [1.82, 2.24) is 5.32 Å². The average molecular weight is 313 g/mol. The molecule has 2 amide bonds. The molecule has 0 spiro atoms. The predicted octanol–water partition coefficient (Wildman–Crippen LogP) is 4.53. The first-order valence-electron chi connectivity index (χ1n) is 7.16. The van der Waals surface area contributed by atoms with Crippen molar-refractivity contribution in [1.29, 1.82) is 0 Å². The normalized spacial score (nSPS) is 15.8. The second-order valence-electron chi connectivity index (χ2n) is 5.02. The van der Waals surface area contributed by atoms with Crippen molar-refractivity contribution in [3.8, 4) is 0 Å². The first kappa shape index (κ1) is 15.5. The number of hydrogen-bond donors (Lipinski definition) is 2. The van der Waals surface area contributed by atoms with Gasteiger partial charge in [-0.05, 0) is 31.0 Å². The SMILES string of the molecule is O=C(NCCSC1CCCCC1)Nc1cccc(Cl)c1. The van der Waals surface area contributed by atoms with E-state index in [2.05, 4.69) is 10.6 Å². The van der Waals surface area contributed by atoms with Gasteiger partial charge in [0.1, 0.15) is 0 Å². The van der Waals surface area contributed by atoms with E-state index >= 15 is 0 Å². The number of halogens is 1. The molecule has 0 saturated heterocycles. The summed E-state index contributed by atoms with van der Waals surface area (Å²) in [5, 5.41) is 7.07. The summed E-state index contributed by atoms with van der Waals surface area (Å²) in [5.74, 6) is 0.980. The average Bonchev–Trinajstić information content (AvgIpc) is 2.45. The Morgan fingerprint density at radius 2 is 2.10 bits per heavy atom. The van der Waals surface area contributed by atoms with Gasteiger partial charge >= 0.3 is 6.03 Å².